The van der Waals surface area contributed by atoms with E-state index in [1.165, 1.54) is 4.31 Å². The van der Waals surface area contributed by atoms with Crippen LogP contribution in [0.2, 0.25) is 0 Å². The monoisotopic (exact) mass is 671 g/mol. The molecule has 4 aromatic rings. The van der Waals surface area contributed by atoms with Crippen LogP contribution in [0, 0.1) is 5.92 Å². The molecule has 0 spiro atoms. The third-order valence-electron chi connectivity index (χ3n) is 8.25. The van der Waals surface area contributed by atoms with Gasteiger partial charge in [-0.1, -0.05) is 142 Å². The highest BCUT2D eigenvalue weighted by Gasteiger charge is 2.33. The number of sulfonamides is 1. The molecule has 2 amide bonds. The fourth-order valence-corrected chi connectivity index (χ4v) is 6.81. The zero-order chi connectivity index (χ0) is 34.4. The number of aliphatic hydroxyl groups excluding tert-OH is 1. The lowest BCUT2D eigenvalue weighted by atomic mass is 9.96. The molecule has 3 N–H and O–H groups in total. The number of benzene rings is 4. The molecule has 4 atom stereocenters. The molecule has 4 rings (SSSR count). The van der Waals surface area contributed by atoms with Gasteiger partial charge in [0.25, 0.3) is 0 Å². The van der Waals surface area contributed by atoms with Gasteiger partial charge in [0.1, 0.15) is 12.6 Å². The summed E-state index contributed by atoms with van der Waals surface area (Å²) in [4.78, 5) is 26.7. The standard InChI is InChI=1S/C38H45N3O6S/c1-3-29(2)36(40-38(44)47-27-32-20-12-6-13-21-32)37(43)39-34(24-30-16-8-4-9-17-30)35(42)26-41(25-31-18-10-5-11-19-31)48(45,46)28-33-22-14-7-15-23-33/h4-23,29,34-36,42H,3,24-28H2,1-2H3,(H,39,43)(H,40,44)/t29-,34-,35+,36-/m0/s1. The average molecular weight is 672 g/mol. The lowest BCUT2D eigenvalue weighted by Gasteiger charge is -2.32. The number of nitrogens with one attached hydrogen (secondary N) is 2. The van der Waals surface area contributed by atoms with Crippen molar-refractivity contribution in [2.75, 3.05) is 6.54 Å². The first-order chi connectivity index (χ1) is 23.1. The number of ether oxygens (including phenoxy) is 1. The minimum absolute atomic E-state index is 0.0450. The summed E-state index contributed by atoms with van der Waals surface area (Å²) in [5, 5.41) is 17.4. The van der Waals surface area contributed by atoms with Crippen molar-refractivity contribution in [2.45, 2.75) is 63.8 Å². The summed E-state index contributed by atoms with van der Waals surface area (Å²) in [6, 6.07) is 34.8. The number of rotatable bonds is 17. The Morgan fingerprint density at radius 3 is 1.79 bits per heavy atom. The predicted octanol–water partition coefficient (Wildman–Crippen LogP) is 5.45. The van der Waals surface area contributed by atoms with Crippen molar-refractivity contribution in [2.24, 2.45) is 5.92 Å². The smallest absolute Gasteiger partial charge is 0.408 e. The number of carbonyl (C=O) groups is 2. The molecule has 254 valence electrons. The maximum absolute atomic E-state index is 13.8. The Morgan fingerprint density at radius 1 is 0.750 bits per heavy atom. The number of carbonyl (C=O) groups excluding carboxylic acids is 2. The average Bonchev–Trinajstić information content (AvgIpc) is 3.10. The number of nitrogens with zero attached hydrogens (tertiary/aromatic N) is 1. The predicted molar refractivity (Wildman–Crippen MR) is 187 cm³/mol. The van der Waals surface area contributed by atoms with Crippen LogP contribution in [0.4, 0.5) is 4.79 Å². The zero-order valence-electron chi connectivity index (χ0n) is 27.4. The van der Waals surface area contributed by atoms with Crippen LogP contribution in [0.3, 0.4) is 0 Å². The fourth-order valence-electron chi connectivity index (χ4n) is 5.29. The number of alkyl carbamates (subject to hydrolysis) is 1. The van der Waals surface area contributed by atoms with E-state index < -0.39 is 40.2 Å². The van der Waals surface area contributed by atoms with Gasteiger partial charge in [-0.25, -0.2) is 13.2 Å². The van der Waals surface area contributed by atoms with Gasteiger partial charge in [0.15, 0.2) is 0 Å². The zero-order valence-corrected chi connectivity index (χ0v) is 28.3. The molecule has 0 saturated carbocycles. The highest BCUT2D eigenvalue weighted by atomic mass is 32.2. The molecule has 9 nitrogen and oxygen atoms in total. The topological polar surface area (TPSA) is 125 Å². The van der Waals surface area contributed by atoms with Gasteiger partial charge in [-0.2, -0.15) is 4.31 Å². The van der Waals surface area contributed by atoms with Gasteiger partial charge in [0, 0.05) is 13.1 Å². The van der Waals surface area contributed by atoms with E-state index in [0.29, 0.717) is 12.0 Å². The largest absolute Gasteiger partial charge is 0.445 e. The van der Waals surface area contributed by atoms with E-state index in [2.05, 4.69) is 10.6 Å². The first kappa shape index (κ1) is 36.3. The number of aliphatic hydroxyl groups is 1. The van der Waals surface area contributed by atoms with Crippen molar-refractivity contribution in [1.82, 2.24) is 14.9 Å². The maximum Gasteiger partial charge on any atom is 0.408 e. The summed E-state index contributed by atoms with van der Waals surface area (Å²) in [5.41, 5.74) is 3.05. The van der Waals surface area contributed by atoms with Crippen LogP contribution in [-0.2, 0) is 44.9 Å². The van der Waals surface area contributed by atoms with Gasteiger partial charge in [-0.3, -0.25) is 4.79 Å². The first-order valence-electron chi connectivity index (χ1n) is 16.2. The lowest BCUT2D eigenvalue weighted by Crippen LogP contribution is -2.57. The maximum atomic E-state index is 13.8. The van der Waals surface area contributed by atoms with Crippen molar-refractivity contribution < 1.29 is 27.9 Å². The van der Waals surface area contributed by atoms with Crippen LogP contribution >= 0.6 is 0 Å². The van der Waals surface area contributed by atoms with E-state index >= 15 is 0 Å². The molecule has 0 fully saturated rings. The van der Waals surface area contributed by atoms with Crippen LogP contribution in [0.5, 0.6) is 0 Å². The van der Waals surface area contributed by atoms with Gasteiger partial charge in [0.05, 0.1) is 17.9 Å². The SMILES string of the molecule is CC[C@H](C)[C@H](NC(=O)OCc1ccccc1)C(=O)N[C@@H](Cc1ccccc1)[C@H](O)CN(Cc1ccccc1)S(=O)(=O)Cc1ccccc1. The fraction of sp³-hybridized carbons (Fsp3) is 0.316. The first-order valence-corrected chi connectivity index (χ1v) is 17.8. The molecule has 0 aliphatic rings. The van der Waals surface area contributed by atoms with Crippen LogP contribution in [0.25, 0.3) is 0 Å². The Bertz CT molecular complexity index is 1660. The van der Waals surface area contributed by atoms with Gasteiger partial charge in [-0.05, 0) is 34.6 Å². The van der Waals surface area contributed by atoms with Crippen molar-refractivity contribution >= 4 is 22.0 Å². The van der Waals surface area contributed by atoms with E-state index in [9.17, 15) is 23.1 Å². The highest BCUT2D eigenvalue weighted by molar-refractivity contribution is 7.88. The molecule has 48 heavy (non-hydrogen) atoms. The Labute approximate surface area is 284 Å². The van der Waals surface area contributed by atoms with Gasteiger partial charge in [0.2, 0.25) is 15.9 Å². The summed E-state index contributed by atoms with van der Waals surface area (Å²) in [6.07, 6.45) is -1.20. The summed E-state index contributed by atoms with van der Waals surface area (Å²) in [7, 11) is -3.90. The third-order valence-corrected chi connectivity index (χ3v) is 10.0. The Kier molecular flexibility index (Phi) is 13.7. The van der Waals surface area contributed by atoms with E-state index in [-0.39, 0.29) is 37.8 Å². The second-order valence-electron chi connectivity index (χ2n) is 12.0. The third kappa shape index (κ3) is 11.3. The van der Waals surface area contributed by atoms with Crippen molar-refractivity contribution in [3.63, 3.8) is 0 Å². The summed E-state index contributed by atoms with van der Waals surface area (Å²) in [6.45, 7) is 3.59. The normalized spacial score (nSPS) is 14.0. The highest BCUT2D eigenvalue weighted by Crippen LogP contribution is 2.18. The number of amides is 2. The Morgan fingerprint density at radius 2 is 1.25 bits per heavy atom. The Balaban J connectivity index is 1.55. The van der Waals surface area contributed by atoms with Crippen LogP contribution in [0.15, 0.2) is 121 Å². The molecule has 0 radical (unpaired) electrons. The van der Waals surface area contributed by atoms with E-state index in [1.807, 2.05) is 111 Å². The molecule has 10 heteroatoms. The molecule has 0 aromatic heterocycles. The van der Waals surface area contributed by atoms with Gasteiger partial charge < -0.3 is 20.5 Å². The summed E-state index contributed by atoms with van der Waals surface area (Å²) in [5.74, 6) is -0.999. The second-order valence-corrected chi connectivity index (χ2v) is 13.9. The number of hydrogen-bond acceptors (Lipinski definition) is 6. The van der Waals surface area contributed by atoms with Gasteiger partial charge >= 0.3 is 6.09 Å². The van der Waals surface area contributed by atoms with Gasteiger partial charge in [-0.15, -0.1) is 0 Å². The minimum Gasteiger partial charge on any atom is -0.445 e. The molecule has 0 bridgehead atoms. The van der Waals surface area contributed by atoms with Crippen molar-refractivity contribution in [3.8, 4) is 0 Å². The van der Waals surface area contributed by atoms with Crippen LogP contribution in [0.1, 0.15) is 42.5 Å². The second kappa shape index (κ2) is 18.1. The van der Waals surface area contributed by atoms with E-state index in [1.54, 1.807) is 24.3 Å². The molecular formula is C38H45N3O6S. The van der Waals surface area contributed by atoms with Crippen LogP contribution < -0.4 is 10.6 Å². The molecular weight excluding hydrogens is 627 g/mol. The van der Waals surface area contributed by atoms with E-state index in [0.717, 1.165) is 16.7 Å². The summed E-state index contributed by atoms with van der Waals surface area (Å²) >= 11 is 0. The van der Waals surface area contributed by atoms with Crippen LogP contribution in [-0.4, -0.2) is 54.6 Å². The number of hydrogen-bond donors (Lipinski definition) is 3. The molecule has 0 aliphatic heterocycles. The quantitative estimate of drug-likeness (QED) is 0.137. The molecule has 0 aliphatic carbocycles. The van der Waals surface area contributed by atoms with Crippen molar-refractivity contribution in [1.29, 1.82) is 0 Å². The molecule has 0 unspecified atom stereocenters. The minimum atomic E-state index is -3.90. The lowest BCUT2D eigenvalue weighted by molar-refractivity contribution is -0.125. The van der Waals surface area contributed by atoms with E-state index in [4.69, 9.17) is 4.74 Å². The Hall–Kier alpha value is -4.51. The molecule has 4 aromatic carbocycles. The molecule has 0 saturated heterocycles. The summed E-state index contributed by atoms with van der Waals surface area (Å²) < 4.78 is 34.3. The van der Waals surface area contributed by atoms with Crippen molar-refractivity contribution in [3.05, 3.63) is 144 Å². The molecule has 0 heterocycles.